The Bertz CT molecular complexity index is 1180. The highest BCUT2D eigenvalue weighted by atomic mass is 32.1. The Kier molecular flexibility index (Phi) is 12.3. The van der Waals surface area contributed by atoms with E-state index in [2.05, 4.69) is 6.07 Å². The lowest BCUT2D eigenvalue weighted by atomic mass is 10.1. The highest BCUT2D eigenvalue weighted by molar-refractivity contribution is 7.11. The molecule has 0 atom stereocenters. The quantitative estimate of drug-likeness (QED) is 0.262. The van der Waals surface area contributed by atoms with E-state index in [1.807, 2.05) is 61.5 Å². The van der Waals surface area contributed by atoms with E-state index >= 15 is 0 Å². The van der Waals surface area contributed by atoms with Crippen molar-refractivity contribution in [1.82, 2.24) is 9.80 Å². The van der Waals surface area contributed by atoms with Gasteiger partial charge < -0.3 is 28.7 Å². The standard InChI is InChI=1S/C30H38N2O6S/c1-23-10-12-26(39-23)19-31(15-14-24-11-13-27(36-3)28(18-24)37-4)29(33)20-32(16-17-35-2)30(34)22-38-21-25-8-6-5-7-9-25/h5-13,18H,14-17,19-22H2,1-4H3. The first kappa shape index (κ1) is 30.1. The number of hydrogen-bond acceptors (Lipinski definition) is 7. The van der Waals surface area contributed by atoms with Gasteiger partial charge in [-0.25, -0.2) is 0 Å². The number of carbonyl (C=O) groups excluding carboxylic acids is 2. The van der Waals surface area contributed by atoms with Crippen LogP contribution in [0.15, 0.2) is 60.7 Å². The second-order valence-corrected chi connectivity index (χ2v) is 10.4. The topological polar surface area (TPSA) is 77.5 Å². The van der Waals surface area contributed by atoms with Crippen LogP contribution >= 0.6 is 11.3 Å². The summed E-state index contributed by atoms with van der Waals surface area (Å²) in [4.78, 5) is 32.2. The van der Waals surface area contributed by atoms with Gasteiger partial charge in [-0.05, 0) is 48.7 Å². The fraction of sp³-hybridized carbons (Fsp3) is 0.400. The number of hydrogen-bond donors (Lipinski definition) is 0. The van der Waals surface area contributed by atoms with Crippen molar-refractivity contribution in [3.63, 3.8) is 0 Å². The monoisotopic (exact) mass is 554 g/mol. The number of carbonyl (C=O) groups is 2. The summed E-state index contributed by atoms with van der Waals surface area (Å²) in [5.41, 5.74) is 2.01. The largest absolute Gasteiger partial charge is 0.493 e. The second kappa shape index (κ2) is 15.9. The molecule has 0 aliphatic carbocycles. The number of ether oxygens (including phenoxy) is 4. The Hall–Kier alpha value is -3.40. The van der Waals surface area contributed by atoms with Gasteiger partial charge in [-0.2, -0.15) is 0 Å². The minimum atomic E-state index is -0.247. The predicted molar refractivity (Wildman–Crippen MR) is 152 cm³/mol. The van der Waals surface area contributed by atoms with Crippen molar-refractivity contribution >= 4 is 23.2 Å². The predicted octanol–water partition coefficient (Wildman–Crippen LogP) is 4.34. The molecule has 0 aliphatic rings. The first-order valence-electron chi connectivity index (χ1n) is 12.9. The van der Waals surface area contributed by atoms with E-state index in [9.17, 15) is 9.59 Å². The number of thiophene rings is 1. The molecule has 3 rings (SSSR count). The van der Waals surface area contributed by atoms with Gasteiger partial charge in [-0.3, -0.25) is 9.59 Å². The summed E-state index contributed by atoms with van der Waals surface area (Å²) >= 11 is 1.66. The van der Waals surface area contributed by atoms with Crippen LogP contribution < -0.4 is 9.47 Å². The first-order valence-corrected chi connectivity index (χ1v) is 13.7. The van der Waals surface area contributed by atoms with E-state index in [1.165, 1.54) is 9.78 Å². The van der Waals surface area contributed by atoms with Crippen molar-refractivity contribution in [2.24, 2.45) is 0 Å². The van der Waals surface area contributed by atoms with Crippen LogP contribution in [0.3, 0.4) is 0 Å². The molecular formula is C30H38N2O6S. The van der Waals surface area contributed by atoms with Crippen molar-refractivity contribution in [2.45, 2.75) is 26.5 Å². The van der Waals surface area contributed by atoms with Gasteiger partial charge in [0.15, 0.2) is 11.5 Å². The summed E-state index contributed by atoms with van der Waals surface area (Å²) in [6.07, 6.45) is 0.628. The summed E-state index contributed by atoms with van der Waals surface area (Å²) in [6.45, 7) is 3.81. The Morgan fingerprint density at radius 1 is 0.821 bits per heavy atom. The van der Waals surface area contributed by atoms with E-state index in [4.69, 9.17) is 18.9 Å². The smallest absolute Gasteiger partial charge is 0.249 e. The molecule has 8 nitrogen and oxygen atoms in total. The molecule has 9 heteroatoms. The number of nitrogens with zero attached hydrogens (tertiary/aromatic N) is 2. The van der Waals surface area contributed by atoms with Crippen LogP contribution in [0.25, 0.3) is 0 Å². The minimum Gasteiger partial charge on any atom is -0.493 e. The van der Waals surface area contributed by atoms with Crippen LogP contribution in [0.4, 0.5) is 0 Å². The average Bonchev–Trinajstić information content (AvgIpc) is 3.37. The maximum Gasteiger partial charge on any atom is 0.249 e. The van der Waals surface area contributed by atoms with Crippen LogP contribution in [0, 0.1) is 6.92 Å². The number of rotatable bonds is 16. The highest BCUT2D eigenvalue weighted by Crippen LogP contribution is 2.28. The van der Waals surface area contributed by atoms with E-state index in [0.29, 0.717) is 50.8 Å². The van der Waals surface area contributed by atoms with Crippen molar-refractivity contribution in [3.05, 3.63) is 81.5 Å². The molecule has 1 aromatic heterocycles. The minimum absolute atomic E-state index is 0.0484. The third-order valence-electron chi connectivity index (χ3n) is 6.20. The van der Waals surface area contributed by atoms with Crippen LogP contribution in [-0.4, -0.2) is 75.8 Å². The second-order valence-electron chi connectivity index (χ2n) is 9.05. The van der Waals surface area contributed by atoms with Crippen LogP contribution in [-0.2, 0) is 38.6 Å². The summed E-state index contributed by atoms with van der Waals surface area (Å²) in [6, 6.07) is 19.5. The fourth-order valence-electron chi connectivity index (χ4n) is 4.03. The number of aryl methyl sites for hydroxylation is 1. The molecule has 0 unspecified atom stereocenters. The molecule has 39 heavy (non-hydrogen) atoms. The highest BCUT2D eigenvalue weighted by Gasteiger charge is 2.22. The normalized spacial score (nSPS) is 10.8. The maximum absolute atomic E-state index is 13.6. The van der Waals surface area contributed by atoms with Crippen LogP contribution in [0.2, 0.25) is 0 Å². The first-order chi connectivity index (χ1) is 18.9. The lowest BCUT2D eigenvalue weighted by Crippen LogP contribution is -2.45. The molecule has 3 aromatic rings. The van der Waals surface area contributed by atoms with E-state index in [-0.39, 0.29) is 25.0 Å². The molecule has 0 aliphatic heterocycles. The van der Waals surface area contributed by atoms with Crippen LogP contribution in [0.5, 0.6) is 11.5 Å². The molecule has 0 saturated heterocycles. The molecular weight excluding hydrogens is 516 g/mol. The molecule has 2 aromatic carbocycles. The zero-order chi connectivity index (χ0) is 28.0. The summed E-state index contributed by atoms with van der Waals surface area (Å²) in [5.74, 6) is 0.927. The maximum atomic E-state index is 13.6. The van der Waals surface area contributed by atoms with Gasteiger partial charge in [0.05, 0.1) is 40.5 Å². The fourth-order valence-corrected chi connectivity index (χ4v) is 4.93. The Labute approximate surface area is 235 Å². The molecule has 210 valence electrons. The molecule has 2 amide bonds. The number of benzene rings is 2. The lowest BCUT2D eigenvalue weighted by molar-refractivity contribution is -0.144. The SMILES string of the molecule is COCCN(CC(=O)N(CCc1ccc(OC)c(OC)c1)Cc1ccc(C)s1)C(=O)COCc1ccccc1. The van der Waals surface area contributed by atoms with Gasteiger partial charge in [-0.15, -0.1) is 11.3 Å². The average molecular weight is 555 g/mol. The molecule has 0 fully saturated rings. The summed E-state index contributed by atoms with van der Waals surface area (Å²) in [5, 5.41) is 0. The number of amides is 2. The third kappa shape index (κ3) is 9.69. The van der Waals surface area contributed by atoms with Gasteiger partial charge in [0.1, 0.15) is 6.61 Å². The summed E-state index contributed by atoms with van der Waals surface area (Å²) in [7, 11) is 4.78. The van der Waals surface area contributed by atoms with E-state index < -0.39 is 0 Å². The van der Waals surface area contributed by atoms with Gasteiger partial charge in [0.25, 0.3) is 0 Å². The Morgan fingerprint density at radius 2 is 1.59 bits per heavy atom. The van der Waals surface area contributed by atoms with Crippen molar-refractivity contribution in [3.8, 4) is 11.5 Å². The van der Waals surface area contributed by atoms with Gasteiger partial charge in [0, 0.05) is 30.0 Å². The van der Waals surface area contributed by atoms with Crippen LogP contribution in [0.1, 0.15) is 20.9 Å². The number of methoxy groups -OCH3 is 3. The van der Waals surface area contributed by atoms with Crippen molar-refractivity contribution in [2.75, 3.05) is 54.2 Å². The Morgan fingerprint density at radius 3 is 2.26 bits per heavy atom. The van der Waals surface area contributed by atoms with Gasteiger partial charge >= 0.3 is 0 Å². The van der Waals surface area contributed by atoms with E-state index in [1.54, 1.807) is 37.6 Å². The molecule has 0 saturated carbocycles. The molecule has 0 radical (unpaired) electrons. The summed E-state index contributed by atoms with van der Waals surface area (Å²) < 4.78 is 21.6. The third-order valence-corrected chi connectivity index (χ3v) is 7.18. The van der Waals surface area contributed by atoms with Crippen molar-refractivity contribution < 1.29 is 28.5 Å². The molecule has 0 bridgehead atoms. The van der Waals surface area contributed by atoms with Gasteiger partial charge in [-0.1, -0.05) is 36.4 Å². The zero-order valence-corrected chi connectivity index (χ0v) is 24.0. The van der Waals surface area contributed by atoms with Crippen molar-refractivity contribution in [1.29, 1.82) is 0 Å². The van der Waals surface area contributed by atoms with E-state index in [0.717, 1.165) is 16.0 Å². The molecule has 1 heterocycles. The Balaban J connectivity index is 1.68. The lowest BCUT2D eigenvalue weighted by Gasteiger charge is -2.27. The van der Waals surface area contributed by atoms with Gasteiger partial charge in [0.2, 0.25) is 11.8 Å². The zero-order valence-electron chi connectivity index (χ0n) is 23.2. The molecule has 0 N–H and O–H groups in total. The molecule has 0 spiro atoms.